The van der Waals surface area contributed by atoms with Crippen molar-refractivity contribution in [2.24, 2.45) is 5.73 Å². The van der Waals surface area contributed by atoms with Crippen molar-refractivity contribution in [3.8, 4) is 0 Å². The average molecular weight is 161 g/mol. The number of nitrogens with two attached hydrogens (primary N) is 1. The number of hydrogen-bond donors (Lipinski definition) is 1. The van der Waals surface area contributed by atoms with Crippen molar-refractivity contribution in [3.63, 3.8) is 0 Å². The predicted molar refractivity (Wildman–Crippen MR) is 55.5 cm³/mol. The van der Waals surface area contributed by atoms with Gasteiger partial charge in [-0.1, -0.05) is 49.1 Å². The van der Waals surface area contributed by atoms with Gasteiger partial charge in [-0.2, -0.15) is 0 Å². The molecule has 0 bridgehead atoms. The summed E-state index contributed by atoms with van der Waals surface area (Å²) in [7, 11) is 0. The monoisotopic (exact) mass is 161 g/mol. The standard InChI is InChI=1S/C9H10.C2H5N/c1-8(2)9-6-4-3-5-7-9;1-2-3/h3-7H,1H2,2H3;2H,1,3H2. The molecule has 0 unspecified atom stereocenters. The summed E-state index contributed by atoms with van der Waals surface area (Å²) in [5, 5.41) is 0. The first-order valence-electron chi connectivity index (χ1n) is 3.76. The summed E-state index contributed by atoms with van der Waals surface area (Å²) >= 11 is 0. The first kappa shape index (κ1) is 10.5. The summed E-state index contributed by atoms with van der Waals surface area (Å²) in [5.41, 5.74) is 6.95. The third kappa shape index (κ3) is 4.34. The van der Waals surface area contributed by atoms with Crippen molar-refractivity contribution in [1.82, 2.24) is 0 Å². The summed E-state index contributed by atoms with van der Waals surface area (Å²) in [5.74, 6) is 0. The second-order valence-corrected chi connectivity index (χ2v) is 2.38. The van der Waals surface area contributed by atoms with Crippen LogP contribution < -0.4 is 5.73 Å². The third-order valence-electron chi connectivity index (χ3n) is 1.27. The van der Waals surface area contributed by atoms with E-state index < -0.39 is 0 Å². The van der Waals surface area contributed by atoms with Gasteiger partial charge < -0.3 is 5.73 Å². The van der Waals surface area contributed by atoms with Crippen LogP contribution in [0, 0.1) is 0 Å². The summed E-state index contributed by atoms with van der Waals surface area (Å²) in [6.45, 7) is 8.97. The van der Waals surface area contributed by atoms with Gasteiger partial charge in [-0.25, -0.2) is 0 Å². The maximum atomic E-state index is 4.61. The molecule has 0 aromatic heterocycles. The van der Waals surface area contributed by atoms with E-state index in [4.69, 9.17) is 0 Å². The lowest BCUT2D eigenvalue weighted by Crippen LogP contribution is -1.72. The third-order valence-corrected chi connectivity index (χ3v) is 1.27. The minimum atomic E-state index is 1.12. The molecular weight excluding hydrogens is 146 g/mol. The minimum Gasteiger partial charge on any atom is -0.405 e. The smallest absolute Gasteiger partial charge is 0.0136 e. The number of hydrogen-bond acceptors (Lipinski definition) is 1. The molecule has 0 saturated heterocycles. The molecule has 0 aliphatic carbocycles. The van der Waals surface area contributed by atoms with E-state index in [-0.39, 0.29) is 0 Å². The molecule has 1 aromatic carbocycles. The highest BCUT2D eigenvalue weighted by atomic mass is 14.5. The molecule has 0 spiro atoms. The van der Waals surface area contributed by atoms with Gasteiger partial charge in [-0.15, -0.1) is 0 Å². The van der Waals surface area contributed by atoms with E-state index in [9.17, 15) is 0 Å². The minimum absolute atomic E-state index is 1.12. The zero-order chi connectivity index (χ0) is 9.40. The highest BCUT2D eigenvalue weighted by Crippen LogP contribution is 2.08. The Morgan fingerprint density at radius 2 is 1.75 bits per heavy atom. The zero-order valence-corrected chi connectivity index (χ0v) is 7.46. The quantitative estimate of drug-likeness (QED) is 0.673. The van der Waals surface area contributed by atoms with Crippen molar-refractivity contribution in [3.05, 3.63) is 55.3 Å². The van der Waals surface area contributed by atoms with Crippen molar-refractivity contribution >= 4 is 5.57 Å². The van der Waals surface area contributed by atoms with E-state index in [1.165, 1.54) is 11.8 Å². The van der Waals surface area contributed by atoms with Crippen LogP contribution in [0.4, 0.5) is 0 Å². The molecule has 2 N–H and O–H groups in total. The molecule has 0 heterocycles. The van der Waals surface area contributed by atoms with Gasteiger partial charge in [-0.05, 0) is 18.7 Å². The molecule has 0 aliphatic rings. The van der Waals surface area contributed by atoms with Crippen LogP contribution in [-0.2, 0) is 0 Å². The maximum Gasteiger partial charge on any atom is -0.0136 e. The Hall–Kier alpha value is -1.50. The Bertz CT molecular complexity index is 236. The van der Waals surface area contributed by atoms with Gasteiger partial charge in [-0.3, -0.25) is 0 Å². The lowest BCUT2D eigenvalue weighted by atomic mass is 10.1. The Kier molecular flexibility index (Phi) is 5.45. The molecule has 0 saturated carbocycles. The van der Waals surface area contributed by atoms with Crippen LogP contribution in [0.3, 0.4) is 0 Å². The van der Waals surface area contributed by atoms with E-state index in [1.54, 1.807) is 0 Å². The van der Waals surface area contributed by atoms with E-state index in [0.29, 0.717) is 0 Å². The molecule has 0 atom stereocenters. The topological polar surface area (TPSA) is 26.0 Å². The Morgan fingerprint density at radius 1 is 1.33 bits per heavy atom. The van der Waals surface area contributed by atoms with Crippen LogP contribution in [0.15, 0.2) is 49.7 Å². The molecular formula is C11H15N. The number of benzene rings is 1. The lowest BCUT2D eigenvalue weighted by molar-refractivity contribution is 1.58. The fourth-order valence-electron chi connectivity index (χ4n) is 0.723. The molecule has 0 fully saturated rings. The summed E-state index contributed by atoms with van der Waals surface area (Å²) in [6, 6.07) is 10.2. The Morgan fingerprint density at radius 3 is 2.00 bits per heavy atom. The van der Waals surface area contributed by atoms with Crippen LogP contribution in [0.5, 0.6) is 0 Å². The maximum absolute atomic E-state index is 4.61. The van der Waals surface area contributed by atoms with E-state index in [0.717, 1.165) is 5.57 Å². The highest BCUT2D eigenvalue weighted by molar-refractivity contribution is 5.60. The first-order chi connectivity index (χ1) is 5.72. The van der Waals surface area contributed by atoms with Crippen LogP contribution in [-0.4, -0.2) is 0 Å². The SMILES string of the molecule is C=C(C)c1ccccc1.C=CN. The first-order valence-corrected chi connectivity index (χ1v) is 3.76. The summed E-state index contributed by atoms with van der Waals surface area (Å²) in [6.07, 6.45) is 1.25. The fourth-order valence-corrected chi connectivity index (χ4v) is 0.723. The van der Waals surface area contributed by atoms with Gasteiger partial charge in [0.1, 0.15) is 0 Å². The lowest BCUT2D eigenvalue weighted by Gasteiger charge is -1.94. The molecule has 0 radical (unpaired) electrons. The number of rotatable bonds is 1. The van der Waals surface area contributed by atoms with Crippen LogP contribution in [0.1, 0.15) is 12.5 Å². The Balaban J connectivity index is 0.000000354. The molecule has 0 aliphatic heterocycles. The van der Waals surface area contributed by atoms with Gasteiger partial charge in [0, 0.05) is 0 Å². The second-order valence-electron chi connectivity index (χ2n) is 2.38. The summed E-state index contributed by atoms with van der Waals surface area (Å²) < 4.78 is 0. The second kappa shape index (κ2) is 6.23. The van der Waals surface area contributed by atoms with Crippen molar-refractivity contribution in [1.29, 1.82) is 0 Å². The van der Waals surface area contributed by atoms with Crippen molar-refractivity contribution < 1.29 is 0 Å². The fraction of sp³-hybridized carbons (Fsp3) is 0.0909. The molecule has 12 heavy (non-hydrogen) atoms. The summed E-state index contributed by atoms with van der Waals surface area (Å²) in [4.78, 5) is 0. The van der Waals surface area contributed by atoms with E-state index in [1.807, 2.05) is 25.1 Å². The molecule has 1 rings (SSSR count). The van der Waals surface area contributed by atoms with Crippen LogP contribution >= 0.6 is 0 Å². The molecule has 0 amide bonds. The number of allylic oxidation sites excluding steroid dienone is 1. The van der Waals surface area contributed by atoms with Crippen molar-refractivity contribution in [2.45, 2.75) is 6.92 Å². The average Bonchev–Trinajstić information content (AvgIpc) is 2.07. The van der Waals surface area contributed by atoms with E-state index in [2.05, 4.69) is 31.0 Å². The molecule has 1 aromatic rings. The van der Waals surface area contributed by atoms with Gasteiger partial charge in [0.2, 0.25) is 0 Å². The molecule has 64 valence electrons. The van der Waals surface area contributed by atoms with Crippen LogP contribution in [0.25, 0.3) is 5.57 Å². The van der Waals surface area contributed by atoms with E-state index >= 15 is 0 Å². The van der Waals surface area contributed by atoms with Gasteiger partial charge >= 0.3 is 0 Å². The van der Waals surface area contributed by atoms with Gasteiger partial charge in [0.05, 0.1) is 0 Å². The van der Waals surface area contributed by atoms with Crippen molar-refractivity contribution in [2.75, 3.05) is 0 Å². The largest absolute Gasteiger partial charge is 0.405 e. The molecule has 1 nitrogen and oxygen atoms in total. The Labute approximate surface area is 74.2 Å². The highest BCUT2D eigenvalue weighted by Gasteiger charge is 1.86. The van der Waals surface area contributed by atoms with Crippen LogP contribution in [0.2, 0.25) is 0 Å². The van der Waals surface area contributed by atoms with Gasteiger partial charge in [0.15, 0.2) is 0 Å². The molecule has 1 heteroatoms. The predicted octanol–water partition coefficient (Wildman–Crippen LogP) is 2.81. The normalized spacial score (nSPS) is 7.75. The zero-order valence-electron chi connectivity index (χ0n) is 7.46. The van der Waals surface area contributed by atoms with Gasteiger partial charge in [0.25, 0.3) is 0 Å².